The van der Waals surface area contributed by atoms with Crippen molar-refractivity contribution in [3.8, 4) is 17.2 Å². The van der Waals surface area contributed by atoms with Gasteiger partial charge in [0.05, 0.1) is 20.0 Å². The molecular formula is C25H27NO3. The van der Waals surface area contributed by atoms with Crippen molar-refractivity contribution >= 4 is 0 Å². The molecule has 150 valence electrons. The van der Waals surface area contributed by atoms with Gasteiger partial charge in [0.15, 0.2) is 11.5 Å². The molecule has 5 rings (SSSR count). The van der Waals surface area contributed by atoms with E-state index in [4.69, 9.17) is 14.2 Å². The molecule has 2 aromatic carbocycles. The number of rotatable bonds is 4. The molecule has 1 aliphatic heterocycles. The van der Waals surface area contributed by atoms with Gasteiger partial charge in [0, 0.05) is 23.4 Å². The van der Waals surface area contributed by atoms with Gasteiger partial charge in [-0.15, -0.1) is 0 Å². The summed E-state index contributed by atoms with van der Waals surface area (Å²) < 4.78 is 18.0. The number of ether oxygens (including phenoxy) is 3. The monoisotopic (exact) mass is 389 g/mol. The van der Waals surface area contributed by atoms with Crippen molar-refractivity contribution < 1.29 is 14.2 Å². The van der Waals surface area contributed by atoms with Gasteiger partial charge >= 0.3 is 0 Å². The van der Waals surface area contributed by atoms with Gasteiger partial charge < -0.3 is 14.2 Å². The zero-order valence-corrected chi connectivity index (χ0v) is 17.3. The smallest absolute Gasteiger partial charge is 0.173 e. The number of hydrogen-bond acceptors (Lipinski definition) is 4. The summed E-state index contributed by atoms with van der Waals surface area (Å²) in [6.45, 7) is 1.06. The van der Waals surface area contributed by atoms with Gasteiger partial charge in [0.2, 0.25) is 0 Å². The van der Waals surface area contributed by atoms with E-state index in [1.165, 1.54) is 16.7 Å². The maximum Gasteiger partial charge on any atom is 0.173 e. The maximum atomic E-state index is 6.50. The van der Waals surface area contributed by atoms with E-state index in [1.54, 1.807) is 14.2 Å². The number of methoxy groups -OCH3 is 2. The van der Waals surface area contributed by atoms with Crippen molar-refractivity contribution in [2.45, 2.75) is 30.7 Å². The second kappa shape index (κ2) is 6.96. The summed E-state index contributed by atoms with van der Waals surface area (Å²) >= 11 is 0. The van der Waals surface area contributed by atoms with Gasteiger partial charge in [-0.1, -0.05) is 30.3 Å². The number of para-hydroxylation sites is 1. The van der Waals surface area contributed by atoms with Gasteiger partial charge in [-0.25, -0.2) is 0 Å². The largest absolute Gasteiger partial charge is 0.501 e. The molecule has 1 heterocycles. The van der Waals surface area contributed by atoms with Gasteiger partial charge in [-0.05, 0) is 61.8 Å². The van der Waals surface area contributed by atoms with Crippen molar-refractivity contribution in [2.75, 3.05) is 27.8 Å². The van der Waals surface area contributed by atoms with Crippen LogP contribution in [0, 0.1) is 0 Å². The average molecular weight is 389 g/mol. The lowest BCUT2D eigenvalue weighted by Gasteiger charge is -2.54. The minimum absolute atomic E-state index is 0.108. The van der Waals surface area contributed by atoms with Crippen LogP contribution in [0.3, 0.4) is 0 Å². The molecule has 0 saturated carbocycles. The Morgan fingerprint density at radius 3 is 2.59 bits per heavy atom. The molecule has 0 spiro atoms. The molecule has 0 N–H and O–H groups in total. The van der Waals surface area contributed by atoms with Crippen molar-refractivity contribution in [2.24, 2.45) is 0 Å². The summed E-state index contributed by atoms with van der Waals surface area (Å²) in [5.41, 5.74) is 4.00. The molecular weight excluding hydrogens is 362 g/mol. The van der Waals surface area contributed by atoms with Crippen LogP contribution in [0.5, 0.6) is 17.2 Å². The predicted molar refractivity (Wildman–Crippen MR) is 114 cm³/mol. The molecule has 29 heavy (non-hydrogen) atoms. The summed E-state index contributed by atoms with van der Waals surface area (Å²) in [5, 5.41) is 0. The van der Waals surface area contributed by atoms with E-state index in [9.17, 15) is 0 Å². The molecule has 2 aliphatic carbocycles. The predicted octanol–water partition coefficient (Wildman–Crippen LogP) is 4.85. The Morgan fingerprint density at radius 2 is 1.83 bits per heavy atom. The van der Waals surface area contributed by atoms with E-state index >= 15 is 0 Å². The number of nitrogens with zero attached hydrogens (tertiary/aromatic N) is 1. The Balaban J connectivity index is 1.73. The highest BCUT2D eigenvalue weighted by Gasteiger charge is 2.52. The standard InChI is InChI=1S/C25H27NO3/c1-26-14-13-25-16-19(27-2)10-11-20(25)21(26)15-17-9-12-22(28-3)24(23(17)25)29-18-7-5-4-6-8-18/h4-12,21H,13-16H2,1-3H3. The molecule has 1 saturated heterocycles. The third-order valence-corrected chi connectivity index (χ3v) is 6.80. The van der Waals surface area contributed by atoms with Crippen LogP contribution in [0.2, 0.25) is 0 Å². The van der Waals surface area contributed by atoms with E-state index in [1.807, 2.05) is 36.4 Å². The van der Waals surface area contributed by atoms with E-state index in [0.29, 0.717) is 6.04 Å². The van der Waals surface area contributed by atoms with Crippen LogP contribution < -0.4 is 9.47 Å². The number of likely N-dealkylation sites (tertiary alicyclic amines) is 1. The Bertz CT molecular complexity index is 995. The van der Waals surface area contributed by atoms with Crippen LogP contribution in [0.1, 0.15) is 24.0 Å². The maximum absolute atomic E-state index is 6.50. The van der Waals surface area contributed by atoms with Crippen molar-refractivity contribution in [1.29, 1.82) is 0 Å². The lowest BCUT2D eigenvalue weighted by atomic mass is 9.57. The van der Waals surface area contributed by atoms with E-state index in [0.717, 1.165) is 48.8 Å². The van der Waals surface area contributed by atoms with Gasteiger partial charge in [0.25, 0.3) is 0 Å². The number of piperidine rings is 1. The summed E-state index contributed by atoms with van der Waals surface area (Å²) in [4.78, 5) is 2.49. The highest BCUT2D eigenvalue weighted by Crippen LogP contribution is 2.58. The first kappa shape index (κ1) is 18.3. The SMILES string of the molecule is COC1=CC=C2C3Cc4ccc(OC)c(Oc5ccccc5)c4C2(CCN3C)C1. The lowest BCUT2D eigenvalue weighted by Crippen LogP contribution is -2.54. The Kier molecular flexibility index (Phi) is 4.39. The molecule has 0 amide bonds. The quantitative estimate of drug-likeness (QED) is 0.748. The topological polar surface area (TPSA) is 30.9 Å². The molecule has 2 aromatic rings. The fourth-order valence-electron chi connectivity index (χ4n) is 5.36. The first-order valence-corrected chi connectivity index (χ1v) is 10.2. The van der Waals surface area contributed by atoms with Crippen LogP contribution in [0.15, 0.2) is 65.9 Å². The fraction of sp³-hybridized carbons (Fsp3) is 0.360. The van der Waals surface area contributed by atoms with E-state index in [2.05, 4.69) is 30.2 Å². The molecule has 4 heteroatoms. The molecule has 0 radical (unpaired) electrons. The number of benzene rings is 2. The van der Waals surface area contributed by atoms with E-state index in [-0.39, 0.29) is 5.41 Å². The molecule has 1 fully saturated rings. The summed E-state index contributed by atoms with van der Waals surface area (Å²) in [7, 11) is 5.72. The molecule has 2 bridgehead atoms. The van der Waals surface area contributed by atoms with Crippen molar-refractivity contribution in [3.63, 3.8) is 0 Å². The number of fused-ring (bicyclic) bond motifs is 1. The first-order valence-electron chi connectivity index (χ1n) is 10.2. The average Bonchev–Trinajstić information content (AvgIpc) is 2.76. The summed E-state index contributed by atoms with van der Waals surface area (Å²) in [6, 6.07) is 14.7. The van der Waals surface area contributed by atoms with Gasteiger partial charge in [-0.3, -0.25) is 4.90 Å². The minimum atomic E-state index is -0.108. The zero-order chi connectivity index (χ0) is 20.0. The number of allylic oxidation sites excluding steroid dienone is 3. The second-order valence-electron chi connectivity index (χ2n) is 8.21. The van der Waals surface area contributed by atoms with Crippen molar-refractivity contribution in [3.05, 3.63) is 77.1 Å². The zero-order valence-electron chi connectivity index (χ0n) is 17.3. The molecule has 0 aromatic heterocycles. The molecule has 3 aliphatic rings. The van der Waals surface area contributed by atoms with Crippen molar-refractivity contribution in [1.82, 2.24) is 4.90 Å². The fourth-order valence-corrected chi connectivity index (χ4v) is 5.36. The normalized spacial score (nSPS) is 25.3. The Morgan fingerprint density at radius 1 is 1.00 bits per heavy atom. The van der Waals surface area contributed by atoms with Crippen LogP contribution in [0.4, 0.5) is 0 Å². The van der Waals surface area contributed by atoms with Crippen LogP contribution >= 0.6 is 0 Å². The van der Waals surface area contributed by atoms with Gasteiger partial charge in [-0.2, -0.15) is 0 Å². The lowest BCUT2D eigenvalue weighted by molar-refractivity contribution is 0.147. The Hall–Kier alpha value is -2.72. The summed E-state index contributed by atoms with van der Waals surface area (Å²) in [5.74, 6) is 3.49. The summed E-state index contributed by atoms with van der Waals surface area (Å²) in [6.07, 6.45) is 7.33. The van der Waals surface area contributed by atoms with Crippen LogP contribution in [-0.2, 0) is 16.6 Å². The first-order chi connectivity index (χ1) is 14.2. The highest BCUT2D eigenvalue weighted by molar-refractivity contribution is 5.63. The van der Waals surface area contributed by atoms with E-state index < -0.39 is 0 Å². The minimum Gasteiger partial charge on any atom is -0.501 e. The van der Waals surface area contributed by atoms with Gasteiger partial charge in [0.1, 0.15) is 5.75 Å². The van der Waals surface area contributed by atoms with Crippen LogP contribution in [-0.4, -0.2) is 38.8 Å². The molecule has 2 atom stereocenters. The Labute approximate surface area is 172 Å². The number of likely N-dealkylation sites (N-methyl/N-ethyl adjacent to an activating group) is 1. The van der Waals surface area contributed by atoms with Crippen LogP contribution in [0.25, 0.3) is 0 Å². The third kappa shape index (κ3) is 2.77. The molecule has 4 nitrogen and oxygen atoms in total. The number of hydrogen-bond donors (Lipinski definition) is 0. The highest BCUT2D eigenvalue weighted by atomic mass is 16.5. The second-order valence-corrected chi connectivity index (χ2v) is 8.21. The molecule has 2 unspecified atom stereocenters. The third-order valence-electron chi connectivity index (χ3n) is 6.80.